The third-order valence-electron chi connectivity index (χ3n) is 2.75. The zero-order valence-electron chi connectivity index (χ0n) is 11.5. The van der Waals surface area contributed by atoms with E-state index in [2.05, 4.69) is 19.9 Å². The Balaban J connectivity index is 0.000000202. The Bertz CT molecular complexity index is 637. The molecule has 22 heavy (non-hydrogen) atoms. The minimum atomic E-state index is 0. The maximum absolute atomic E-state index is 4.12. The van der Waals surface area contributed by atoms with Crippen LogP contribution >= 0.6 is 34.0 Å². The van der Waals surface area contributed by atoms with E-state index in [0.29, 0.717) is 0 Å². The van der Waals surface area contributed by atoms with E-state index in [1.807, 2.05) is 48.5 Å². The number of nitrogens with zero attached hydrogens (tertiary/aromatic N) is 4. The Hall–Kier alpha value is -1.92. The lowest BCUT2D eigenvalue weighted by Crippen LogP contribution is -1.78. The number of benzene rings is 2. The van der Waals surface area contributed by atoms with Crippen LogP contribution in [-0.2, 0) is 0 Å². The van der Waals surface area contributed by atoms with Crippen LogP contribution in [0.5, 0.6) is 0 Å². The van der Waals surface area contributed by atoms with Crippen molar-refractivity contribution in [3.63, 3.8) is 0 Å². The highest BCUT2D eigenvalue weighted by Crippen LogP contribution is 2.05. The van der Waals surface area contributed by atoms with Crippen LogP contribution in [0.1, 0.15) is 0 Å². The third kappa shape index (κ3) is 4.54. The second-order valence-electron chi connectivity index (χ2n) is 4.09. The average Bonchev–Trinajstić information content (AvgIpc) is 2.56. The Kier molecular flexibility index (Phi) is 7.56. The monoisotopic (exact) mass is 420 g/mol. The fourth-order valence-electron chi connectivity index (χ4n) is 1.82. The van der Waals surface area contributed by atoms with Gasteiger partial charge in [-0.3, -0.25) is 19.9 Å². The Morgan fingerprint density at radius 3 is 0.864 bits per heavy atom. The molecule has 0 spiro atoms. The zero-order valence-corrected chi connectivity index (χ0v) is 15.0. The van der Waals surface area contributed by atoms with Crippen molar-refractivity contribution in [1.29, 1.82) is 0 Å². The number of hydrogen-bond donors (Lipinski definition) is 0. The topological polar surface area (TPSA) is 51.6 Å². The highest BCUT2D eigenvalue weighted by molar-refractivity contribution is 8.93. The summed E-state index contributed by atoms with van der Waals surface area (Å²) in [6.45, 7) is 0. The molecule has 0 aliphatic rings. The molecule has 2 heterocycles. The van der Waals surface area contributed by atoms with Gasteiger partial charge in [0, 0.05) is 24.8 Å². The van der Waals surface area contributed by atoms with Crippen molar-refractivity contribution < 1.29 is 0 Å². The Labute approximate surface area is 149 Å². The van der Waals surface area contributed by atoms with Crippen LogP contribution in [0.25, 0.3) is 22.1 Å². The van der Waals surface area contributed by atoms with Crippen LogP contribution in [0.4, 0.5) is 0 Å². The molecule has 112 valence electrons. The molecule has 0 fully saturated rings. The lowest BCUT2D eigenvalue weighted by atomic mass is 10.3. The van der Waals surface area contributed by atoms with Crippen molar-refractivity contribution in [3.05, 3.63) is 73.3 Å². The summed E-state index contributed by atoms with van der Waals surface area (Å²) in [7, 11) is 0. The molecule has 0 radical (unpaired) electrons. The van der Waals surface area contributed by atoms with E-state index in [0.717, 1.165) is 22.1 Å². The van der Waals surface area contributed by atoms with Gasteiger partial charge in [0.1, 0.15) is 0 Å². The number of fused-ring (bicyclic) bond motifs is 2. The van der Waals surface area contributed by atoms with E-state index in [1.54, 1.807) is 24.8 Å². The lowest BCUT2D eigenvalue weighted by Gasteiger charge is -1.90. The molecule has 0 unspecified atom stereocenters. The Morgan fingerprint density at radius 1 is 0.409 bits per heavy atom. The third-order valence-corrected chi connectivity index (χ3v) is 2.75. The summed E-state index contributed by atoms with van der Waals surface area (Å²) >= 11 is 0. The number of para-hydroxylation sites is 4. The van der Waals surface area contributed by atoms with Gasteiger partial charge in [-0.1, -0.05) is 24.3 Å². The van der Waals surface area contributed by atoms with Crippen LogP contribution in [0.2, 0.25) is 0 Å². The predicted octanol–water partition coefficient (Wildman–Crippen LogP) is 4.42. The fraction of sp³-hybridized carbons (Fsp3) is 0. The van der Waals surface area contributed by atoms with Gasteiger partial charge < -0.3 is 0 Å². The highest BCUT2D eigenvalue weighted by atomic mass is 79.9. The van der Waals surface area contributed by atoms with Crippen LogP contribution in [0.15, 0.2) is 73.3 Å². The summed E-state index contributed by atoms with van der Waals surface area (Å²) in [5.41, 5.74) is 3.80. The van der Waals surface area contributed by atoms with Crippen molar-refractivity contribution in [1.82, 2.24) is 19.9 Å². The van der Waals surface area contributed by atoms with Gasteiger partial charge in [-0.15, -0.1) is 34.0 Å². The summed E-state index contributed by atoms with van der Waals surface area (Å²) in [5.74, 6) is 0. The van der Waals surface area contributed by atoms with Gasteiger partial charge in [0.2, 0.25) is 0 Å². The fourth-order valence-corrected chi connectivity index (χ4v) is 1.82. The molecule has 4 rings (SSSR count). The van der Waals surface area contributed by atoms with E-state index in [9.17, 15) is 0 Å². The van der Waals surface area contributed by atoms with Gasteiger partial charge >= 0.3 is 0 Å². The first kappa shape index (κ1) is 18.1. The maximum atomic E-state index is 4.12. The first-order valence-electron chi connectivity index (χ1n) is 6.25. The van der Waals surface area contributed by atoms with Gasteiger partial charge in [-0.25, -0.2) is 0 Å². The van der Waals surface area contributed by atoms with E-state index >= 15 is 0 Å². The molecule has 0 atom stereocenters. The van der Waals surface area contributed by atoms with E-state index < -0.39 is 0 Å². The second-order valence-corrected chi connectivity index (χ2v) is 4.09. The number of aromatic nitrogens is 4. The molecule has 0 N–H and O–H groups in total. The summed E-state index contributed by atoms with van der Waals surface area (Å²) in [4.78, 5) is 16.5. The number of rotatable bonds is 0. The smallest absolute Gasteiger partial charge is 0.0886 e. The van der Waals surface area contributed by atoms with E-state index in [-0.39, 0.29) is 34.0 Å². The zero-order chi connectivity index (χ0) is 13.6. The molecule has 4 aromatic rings. The van der Waals surface area contributed by atoms with Gasteiger partial charge in [0.05, 0.1) is 22.1 Å². The van der Waals surface area contributed by atoms with Crippen molar-refractivity contribution in [2.75, 3.05) is 0 Å². The van der Waals surface area contributed by atoms with Crippen LogP contribution in [-0.4, -0.2) is 19.9 Å². The molecule has 2 aromatic carbocycles. The predicted molar refractivity (Wildman–Crippen MR) is 99.7 cm³/mol. The quantitative estimate of drug-likeness (QED) is 0.421. The average molecular weight is 422 g/mol. The number of hydrogen-bond acceptors (Lipinski definition) is 4. The first-order valence-corrected chi connectivity index (χ1v) is 6.25. The van der Waals surface area contributed by atoms with Crippen LogP contribution < -0.4 is 0 Å². The summed E-state index contributed by atoms with van der Waals surface area (Å²) in [5, 5.41) is 0. The van der Waals surface area contributed by atoms with Crippen molar-refractivity contribution in [2.24, 2.45) is 0 Å². The largest absolute Gasteiger partial charge is 0.253 e. The minimum Gasteiger partial charge on any atom is -0.253 e. The first-order chi connectivity index (χ1) is 9.93. The van der Waals surface area contributed by atoms with Crippen LogP contribution in [0.3, 0.4) is 0 Å². The minimum absolute atomic E-state index is 0. The molecular formula is C16H14Br2N4. The van der Waals surface area contributed by atoms with Crippen molar-refractivity contribution in [3.8, 4) is 0 Å². The molecule has 4 nitrogen and oxygen atoms in total. The molecule has 0 saturated heterocycles. The molecule has 0 bridgehead atoms. The standard InChI is InChI=1S/2C8H6N2.2BrH/c2*1-2-4-8-7(3-1)9-5-6-10-8;;/h2*1-6H;2*1H. The molecule has 6 heteroatoms. The van der Waals surface area contributed by atoms with E-state index in [1.165, 1.54) is 0 Å². The van der Waals surface area contributed by atoms with E-state index in [4.69, 9.17) is 0 Å². The SMILES string of the molecule is Br.Br.c1ccc2nccnc2c1.c1ccc2nccnc2c1. The van der Waals surface area contributed by atoms with Crippen molar-refractivity contribution in [2.45, 2.75) is 0 Å². The summed E-state index contributed by atoms with van der Waals surface area (Å²) in [6, 6.07) is 15.6. The molecule has 0 aliphatic heterocycles. The van der Waals surface area contributed by atoms with Crippen molar-refractivity contribution >= 4 is 56.0 Å². The molecule has 2 aromatic heterocycles. The highest BCUT2D eigenvalue weighted by Gasteiger charge is 1.89. The molecule has 0 saturated carbocycles. The molecule has 0 aliphatic carbocycles. The summed E-state index contributed by atoms with van der Waals surface area (Å²) < 4.78 is 0. The van der Waals surface area contributed by atoms with Crippen LogP contribution in [0, 0.1) is 0 Å². The normalized spacial score (nSPS) is 9.09. The number of halogens is 2. The van der Waals surface area contributed by atoms with Gasteiger partial charge in [0.15, 0.2) is 0 Å². The molecular weight excluding hydrogens is 408 g/mol. The Morgan fingerprint density at radius 2 is 0.636 bits per heavy atom. The van der Waals surface area contributed by atoms with Gasteiger partial charge in [0.25, 0.3) is 0 Å². The van der Waals surface area contributed by atoms with Gasteiger partial charge in [-0.2, -0.15) is 0 Å². The van der Waals surface area contributed by atoms with Gasteiger partial charge in [-0.05, 0) is 24.3 Å². The molecule has 0 amide bonds. The maximum Gasteiger partial charge on any atom is 0.0886 e. The lowest BCUT2D eigenvalue weighted by molar-refractivity contribution is 1.29. The summed E-state index contributed by atoms with van der Waals surface area (Å²) in [6.07, 6.45) is 6.79. The second kappa shape index (κ2) is 9.17.